The van der Waals surface area contributed by atoms with Gasteiger partial charge in [0.1, 0.15) is 0 Å². The van der Waals surface area contributed by atoms with Gasteiger partial charge in [-0.25, -0.2) is 18.1 Å². The molecule has 2 rings (SSSR count). The SMILES string of the molecule is CCNC(=NCc1c(C)nn(C)c1C)NCCNS(=O)(=O)c1cccc(Cl)c1. The van der Waals surface area contributed by atoms with Gasteiger partial charge < -0.3 is 10.6 Å². The molecule has 0 bridgehead atoms. The molecule has 0 aliphatic heterocycles. The van der Waals surface area contributed by atoms with Crippen molar-refractivity contribution in [1.82, 2.24) is 25.1 Å². The number of aryl methyl sites for hydroxylation is 2. The molecule has 3 N–H and O–H groups in total. The van der Waals surface area contributed by atoms with E-state index in [2.05, 4.69) is 25.4 Å². The number of hydrogen-bond donors (Lipinski definition) is 3. The van der Waals surface area contributed by atoms with Crippen LogP contribution >= 0.6 is 11.6 Å². The van der Waals surface area contributed by atoms with Gasteiger partial charge in [0, 0.05) is 43.0 Å². The van der Waals surface area contributed by atoms with Crippen molar-refractivity contribution >= 4 is 27.6 Å². The lowest BCUT2D eigenvalue weighted by Gasteiger charge is -2.12. The van der Waals surface area contributed by atoms with E-state index in [1.807, 2.05) is 32.5 Å². The van der Waals surface area contributed by atoms with Crippen LogP contribution in [0.5, 0.6) is 0 Å². The average molecular weight is 427 g/mol. The Kier molecular flexibility index (Phi) is 7.85. The Labute approximate surface area is 171 Å². The molecule has 0 aliphatic carbocycles. The summed E-state index contributed by atoms with van der Waals surface area (Å²) in [6.07, 6.45) is 0. The van der Waals surface area contributed by atoms with Gasteiger partial charge in [0.25, 0.3) is 0 Å². The largest absolute Gasteiger partial charge is 0.357 e. The van der Waals surface area contributed by atoms with E-state index in [0.717, 1.165) is 17.0 Å². The summed E-state index contributed by atoms with van der Waals surface area (Å²) in [6, 6.07) is 6.16. The van der Waals surface area contributed by atoms with Crippen LogP contribution in [0.2, 0.25) is 5.02 Å². The van der Waals surface area contributed by atoms with E-state index in [9.17, 15) is 8.42 Å². The van der Waals surface area contributed by atoms with Crippen molar-refractivity contribution in [3.8, 4) is 0 Å². The summed E-state index contributed by atoms with van der Waals surface area (Å²) in [5.74, 6) is 0.618. The summed E-state index contributed by atoms with van der Waals surface area (Å²) < 4.78 is 29.0. The monoisotopic (exact) mass is 426 g/mol. The minimum atomic E-state index is -3.60. The molecule has 1 aromatic heterocycles. The summed E-state index contributed by atoms with van der Waals surface area (Å²) in [6.45, 7) is 7.74. The number of aromatic nitrogens is 2. The van der Waals surface area contributed by atoms with Crippen LogP contribution in [0.3, 0.4) is 0 Å². The van der Waals surface area contributed by atoms with Crippen LogP contribution in [0.25, 0.3) is 0 Å². The van der Waals surface area contributed by atoms with Gasteiger partial charge in [-0.3, -0.25) is 4.68 Å². The normalized spacial score (nSPS) is 12.2. The van der Waals surface area contributed by atoms with E-state index in [1.54, 1.807) is 12.1 Å². The zero-order chi connectivity index (χ0) is 20.7. The summed E-state index contributed by atoms with van der Waals surface area (Å²) >= 11 is 5.86. The molecule has 0 aliphatic rings. The molecule has 1 heterocycles. The van der Waals surface area contributed by atoms with Gasteiger partial charge in [-0.1, -0.05) is 17.7 Å². The zero-order valence-corrected chi connectivity index (χ0v) is 18.2. The lowest BCUT2D eigenvalue weighted by atomic mass is 10.2. The summed E-state index contributed by atoms with van der Waals surface area (Å²) in [7, 11) is -1.69. The number of benzene rings is 1. The van der Waals surface area contributed by atoms with Crippen LogP contribution in [-0.4, -0.2) is 43.8 Å². The number of nitrogens with zero attached hydrogens (tertiary/aromatic N) is 3. The van der Waals surface area contributed by atoms with Gasteiger partial charge in [-0.2, -0.15) is 5.10 Å². The Morgan fingerprint density at radius 3 is 2.61 bits per heavy atom. The molecule has 10 heteroatoms. The molecule has 0 saturated heterocycles. The maximum atomic E-state index is 12.3. The highest BCUT2D eigenvalue weighted by molar-refractivity contribution is 7.89. The van der Waals surface area contributed by atoms with Gasteiger partial charge in [0.05, 0.1) is 17.1 Å². The summed E-state index contributed by atoms with van der Waals surface area (Å²) in [5.41, 5.74) is 3.11. The van der Waals surface area contributed by atoms with E-state index in [4.69, 9.17) is 11.6 Å². The topological polar surface area (TPSA) is 100 Å². The van der Waals surface area contributed by atoms with Crippen molar-refractivity contribution in [1.29, 1.82) is 0 Å². The van der Waals surface area contributed by atoms with Crippen LogP contribution in [0.15, 0.2) is 34.2 Å². The predicted octanol–water partition coefficient (Wildman–Crippen LogP) is 1.72. The lowest BCUT2D eigenvalue weighted by molar-refractivity contribution is 0.580. The highest BCUT2D eigenvalue weighted by Crippen LogP contribution is 2.15. The second-order valence-electron chi connectivity index (χ2n) is 6.25. The second kappa shape index (κ2) is 9.90. The third-order valence-corrected chi connectivity index (χ3v) is 5.91. The first-order chi connectivity index (χ1) is 13.2. The minimum absolute atomic E-state index is 0.142. The first-order valence-electron chi connectivity index (χ1n) is 9.01. The molecule has 8 nitrogen and oxygen atoms in total. The van der Waals surface area contributed by atoms with E-state index in [1.165, 1.54) is 12.1 Å². The van der Waals surface area contributed by atoms with Gasteiger partial charge in [-0.15, -0.1) is 0 Å². The molecule has 0 unspecified atom stereocenters. The van der Waals surface area contributed by atoms with Crippen molar-refractivity contribution in [2.75, 3.05) is 19.6 Å². The first kappa shape index (κ1) is 22.2. The molecule has 0 atom stereocenters. The summed E-state index contributed by atoms with van der Waals surface area (Å²) in [4.78, 5) is 4.71. The first-order valence-corrected chi connectivity index (χ1v) is 10.9. The van der Waals surface area contributed by atoms with Crippen molar-refractivity contribution in [2.45, 2.75) is 32.2 Å². The summed E-state index contributed by atoms with van der Waals surface area (Å²) in [5, 5.41) is 11.1. The fourth-order valence-corrected chi connectivity index (χ4v) is 3.96. The van der Waals surface area contributed by atoms with E-state index in [0.29, 0.717) is 30.6 Å². The minimum Gasteiger partial charge on any atom is -0.357 e. The van der Waals surface area contributed by atoms with Crippen LogP contribution in [-0.2, 0) is 23.6 Å². The Morgan fingerprint density at radius 1 is 1.25 bits per heavy atom. The molecular weight excluding hydrogens is 400 g/mol. The fourth-order valence-electron chi connectivity index (χ4n) is 2.63. The molecular formula is C18H27ClN6O2S. The number of sulfonamides is 1. The van der Waals surface area contributed by atoms with Crippen LogP contribution in [0.1, 0.15) is 23.9 Å². The van der Waals surface area contributed by atoms with Gasteiger partial charge in [0.2, 0.25) is 10.0 Å². The Morgan fingerprint density at radius 2 is 2.00 bits per heavy atom. The van der Waals surface area contributed by atoms with Crippen LogP contribution in [0, 0.1) is 13.8 Å². The van der Waals surface area contributed by atoms with E-state index in [-0.39, 0.29) is 11.4 Å². The number of rotatable bonds is 8. The van der Waals surface area contributed by atoms with Crippen LogP contribution in [0.4, 0.5) is 0 Å². The van der Waals surface area contributed by atoms with Crippen molar-refractivity contribution < 1.29 is 8.42 Å². The lowest BCUT2D eigenvalue weighted by Crippen LogP contribution is -2.41. The predicted molar refractivity (Wildman–Crippen MR) is 112 cm³/mol. The Bertz CT molecular complexity index is 940. The molecule has 0 spiro atoms. The molecule has 154 valence electrons. The number of hydrogen-bond acceptors (Lipinski definition) is 4. The van der Waals surface area contributed by atoms with E-state index < -0.39 is 10.0 Å². The highest BCUT2D eigenvalue weighted by Gasteiger charge is 2.13. The average Bonchev–Trinajstić information content (AvgIpc) is 2.88. The van der Waals surface area contributed by atoms with Gasteiger partial charge >= 0.3 is 0 Å². The molecule has 2 aromatic rings. The molecule has 1 aromatic carbocycles. The number of nitrogens with one attached hydrogen (secondary N) is 3. The maximum Gasteiger partial charge on any atom is 0.240 e. The number of aliphatic imine (C=N–C) groups is 1. The zero-order valence-electron chi connectivity index (χ0n) is 16.6. The van der Waals surface area contributed by atoms with Gasteiger partial charge in [0.15, 0.2) is 5.96 Å². The second-order valence-corrected chi connectivity index (χ2v) is 8.45. The molecule has 0 saturated carbocycles. The standard InChI is InChI=1S/C18H27ClN6O2S/c1-5-20-18(22-12-17-13(2)24-25(4)14(17)3)21-9-10-23-28(26,27)16-8-6-7-15(19)11-16/h6-8,11,23H,5,9-10,12H2,1-4H3,(H2,20,21,22). The van der Waals surface area contributed by atoms with Crippen molar-refractivity contribution in [2.24, 2.45) is 12.0 Å². The molecule has 0 radical (unpaired) electrons. The molecule has 28 heavy (non-hydrogen) atoms. The highest BCUT2D eigenvalue weighted by atomic mass is 35.5. The van der Waals surface area contributed by atoms with Gasteiger partial charge in [-0.05, 0) is 39.0 Å². The van der Waals surface area contributed by atoms with Crippen molar-refractivity contribution in [3.05, 3.63) is 46.2 Å². The third kappa shape index (κ3) is 5.95. The van der Waals surface area contributed by atoms with Crippen molar-refractivity contribution in [3.63, 3.8) is 0 Å². The molecule has 0 fully saturated rings. The molecule has 0 amide bonds. The maximum absolute atomic E-state index is 12.3. The number of guanidine groups is 1. The number of halogens is 1. The van der Waals surface area contributed by atoms with E-state index >= 15 is 0 Å². The fraction of sp³-hybridized carbons (Fsp3) is 0.444. The quantitative estimate of drug-likeness (QED) is 0.339. The van der Waals surface area contributed by atoms with Crippen LogP contribution < -0.4 is 15.4 Å². The smallest absolute Gasteiger partial charge is 0.240 e. The Balaban J connectivity index is 1.92. The third-order valence-electron chi connectivity index (χ3n) is 4.21. The Hall–Kier alpha value is -2.10.